The summed E-state index contributed by atoms with van der Waals surface area (Å²) < 4.78 is 0. The molecule has 120 valence electrons. The summed E-state index contributed by atoms with van der Waals surface area (Å²) in [4.78, 5) is 13.5. The van der Waals surface area contributed by atoms with E-state index in [-0.39, 0.29) is 5.91 Å². The highest BCUT2D eigenvalue weighted by atomic mass is 16.3. The smallest absolute Gasteiger partial charge is 0.222 e. The normalized spacial score (nSPS) is 11.7. The van der Waals surface area contributed by atoms with Crippen LogP contribution in [0.3, 0.4) is 0 Å². The molecule has 0 radical (unpaired) electrons. The predicted octanol–water partition coefficient (Wildman–Crippen LogP) is 4.14. The molecule has 0 fully saturated rings. The van der Waals surface area contributed by atoms with Crippen LogP contribution in [0.25, 0.3) is 0 Å². The molecule has 0 aromatic heterocycles. The molecule has 1 amide bonds. The Morgan fingerprint density at radius 1 is 0.950 bits per heavy atom. The number of hydrogen-bond donors (Lipinski definition) is 1. The van der Waals surface area contributed by atoms with E-state index >= 15 is 0 Å². The Kier molecular flexibility index (Phi) is 10.8. The fourth-order valence-corrected chi connectivity index (χ4v) is 2.45. The molecule has 0 aliphatic carbocycles. The lowest BCUT2D eigenvalue weighted by Gasteiger charge is -2.25. The summed E-state index contributed by atoms with van der Waals surface area (Å²) in [6, 6.07) is 0. The maximum absolute atomic E-state index is 11.8. The first-order valence-electron chi connectivity index (χ1n) is 8.33. The monoisotopic (exact) mass is 285 g/mol. The highest BCUT2D eigenvalue weighted by molar-refractivity contribution is 5.75. The maximum Gasteiger partial charge on any atom is 0.222 e. The van der Waals surface area contributed by atoms with Crippen molar-refractivity contribution in [1.82, 2.24) is 4.90 Å². The van der Waals surface area contributed by atoms with Crippen LogP contribution in [-0.2, 0) is 4.79 Å². The lowest BCUT2D eigenvalue weighted by Crippen LogP contribution is -2.39. The van der Waals surface area contributed by atoms with Crippen LogP contribution in [0.2, 0.25) is 0 Å². The predicted molar refractivity (Wildman–Crippen MR) is 85.8 cm³/mol. The molecule has 0 heterocycles. The third-order valence-electron chi connectivity index (χ3n) is 3.54. The van der Waals surface area contributed by atoms with E-state index in [1.54, 1.807) is 25.8 Å². The van der Waals surface area contributed by atoms with Crippen LogP contribution in [0.4, 0.5) is 0 Å². The van der Waals surface area contributed by atoms with E-state index in [0.717, 1.165) is 12.8 Å². The molecular weight excluding hydrogens is 250 g/mol. The van der Waals surface area contributed by atoms with E-state index in [0.29, 0.717) is 13.0 Å². The second-order valence-corrected chi connectivity index (χ2v) is 6.64. The van der Waals surface area contributed by atoms with Gasteiger partial charge in [-0.2, -0.15) is 0 Å². The highest BCUT2D eigenvalue weighted by Crippen LogP contribution is 2.11. The second kappa shape index (κ2) is 11.1. The Morgan fingerprint density at radius 3 is 1.85 bits per heavy atom. The number of hydrogen-bond acceptors (Lipinski definition) is 2. The lowest BCUT2D eigenvalue weighted by molar-refractivity contribution is -0.132. The summed E-state index contributed by atoms with van der Waals surface area (Å²) in [5.41, 5.74) is -0.803. The van der Waals surface area contributed by atoms with Crippen molar-refractivity contribution >= 4 is 5.91 Å². The van der Waals surface area contributed by atoms with Crippen LogP contribution in [0.5, 0.6) is 0 Å². The molecule has 3 nitrogen and oxygen atoms in total. The van der Waals surface area contributed by atoms with Gasteiger partial charge in [0, 0.05) is 20.0 Å². The van der Waals surface area contributed by atoms with Gasteiger partial charge < -0.3 is 10.0 Å². The molecule has 1 N–H and O–H groups in total. The number of amides is 1. The number of carbonyl (C=O) groups is 1. The standard InChI is InChI=1S/C17H35NO2/c1-5-6-7-8-9-10-11-12-13-14-16(19)18(4)15-17(2,3)20/h20H,5-15H2,1-4H3. The molecule has 20 heavy (non-hydrogen) atoms. The Bertz CT molecular complexity index is 246. The summed E-state index contributed by atoms with van der Waals surface area (Å²) >= 11 is 0. The molecule has 0 aliphatic rings. The third kappa shape index (κ3) is 12.5. The minimum atomic E-state index is -0.803. The van der Waals surface area contributed by atoms with Gasteiger partial charge in [-0.05, 0) is 20.3 Å². The molecule has 3 heteroatoms. The number of aliphatic hydroxyl groups is 1. The molecule has 0 atom stereocenters. The Labute approximate surface area is 125 Å². The van der Waals surface area contributed by atoms with Gasteiger partial charge in [0.1, 0.15) is 0 Å². The van der Waals surface area contributed by atoms with Gasteiger partial charge in [0.2, 0.25) is 5.91 Å². The van der Waals surface area contributed by atoms with Crippen LogP contribution >= 0.6 is 0 Å². The molecule has 0 unspecified atom stereocenters. The number of rotatable bonds is 12. The van der Waals surface area contributed by atoms with Gasteiger partial charge in [-0.15, -0.1) is 0 Å². The van der Waals surface area contributed by atoms with Gasteiger partial charge >= 0.3 is 0 Å². The van der Waals surface area contributed by atoms with Crippen molar-refractivity contribution in [2.45, 2.75) is 90.6 Å². The fourth-order valence-electron chi connectivity index (χ4n) is 2.45. The average molecular weight is 285 g/mol. The van der Waals surface area contributed by atoms with Crippen molar-refractivity contribution in [1.29, 1.82) is 0 Å². The van der Waals surface area contributed by atoms with Crippen molar-refractivity contribution in [3.63, 3.8) is 0 Å². The maximum atomic E-state index is 11.8. The third-order valence-corrected chi connectivity index (χ3v) is 3.54. The summed E-state index contributed by atoms with van der Waals surface area (Å²) in [5, 5.41) is 9.67. The van der Waals surface area contributed by atoms with Crippen LogP contribution in [0, 0.1) is 0 Å². The van der Waals surface area contributed by atoms with Crippen molar-refractivity contribution in [3.05, 3.63) is 0 Å². The van der Waals surface area contributed by atoms with E-state index in [2.05, 4.69) is 6.92 Å². The van der Waals surface area contributed by atoms with Crippen LogP contribution in [0.1, 0.15) is 85.0 Å². The van der Waals surface area contributed by atoms with Crippen molar-refractivity contribution in [3.8, 4) is 0 Å². The molecule has 0 aliphatic heterocycles. The second-order valence-electron chi connectivity index (χ2n) is 6.64. The minimum Gasteiger partial charge on any atom is -0.389 e. The van der Waals surface area contributed by atoms with E-state index in [1.165, 1.54) is 44.9 Å². The topological polar surface area (TPSA) is 40.5 Å². The first-order chi connectivity index (χ1) is 9.37. The number of likely N-dealkylation sites (N-methyl/N-ethyl adjacent to an activating group) is 1. The highest BCUT2D eigenvalue weighted by Gasteiger charge is 2.18. The molecule has 0 saturated carbocycles. The molecular formula is C17H35NO2. The molecule has 0 rings (SSSR count). The lowest BCUT2D eigenvalue weighted by atomic mass is 10.1. The average Bonchev–Trinajstić information content (AvgIpc) is 2.34. The van der Waals surface area contributed by atoms with Gasteiger partial charge in [0.25, 0.3) is 0 Å². The van der Waals surface area contributed by atoms with E-state index in [9.17, 15) is 9.90 Å². The summed E-state index contributed by atoms with van der Waals surface area (Å²) in [5.74, 6) is 0.148. The Balaban J connectivity index is 3.44. The van der Waals surface area contributed by atoms with E-state index in [1.807, 2.05) is 0 Å². The largest absolute Gasteiger partial charge is 0.389 e. The zero-order valence-electron chi connectivity index (χ0n) is 14.1. The number of unbranched alkanes of at least 4 members (excludes halogenated alkanes) is 8. The van der Waals surface area contributed by atoms with Gasteiger partial charge in [-0.3, -0.25) is 4.79 Å². The van der Waals surface area contributed by atoms with Gasteiger partial charge in [-0.1, -0.05) is 58.3 Å². The molecule has 0 saturated heterocycles. The van der Waals surface area contributed by atoms with Crippen molar-refractivity contribution in [2.75, 3.05) is 13.6 Å². The molecule has 0 bridgehead atoms. The van der Waals surface area contributed by atoms with Crippen LogP contribution in [0.15, 0.2) is 0 Å². The molecule has 0 aromatic carbocycles. The summed E-state index contributed by atoms with van der Waals surface area (Å²) in [7, 11) is 1.77. The Hall–Kier alpha value is -0.570. The van der Waals surface area contributed by atoms with Gasteiger partial charge in [-0.25, -0.2) is 0 Å². The number of nitrogens with zero attached hydrogens (tertiary/aromatic N) is 1. The first-order valence-corrected chi connectivity index (χ1v) is 8.33. The Morgan fingerprint density at radius 2 is 1.40 bits per heavy atom. The van der Waals surface area contributed by atoms with E-state index < -0.39 is 5.60 Å². The van der Waals surface area contributed by atoms with Gasteiger partial charge in [0.05, 0.1) is 5.60 Å². The molecule has 0 aromatic rings. The van der Waals surface area contributed by atoms with E-state index in [4.69, 9.17) is 0 Å². The van der Waals surface area contributed by atoms with Gasteiger partial charge in [0.15, 0.2) is 0 Å². The SMILES string of the molecule is CCCCCCCCCCCC(=O)N(C)CC(C)(C)O. The number of carbonyl (C=O) groups excluding carboxylic acids is 1. The van der Waals surface area contributed by atoms with Crippen molar-refractivity contribution in [2.24, 2.45) is 0 Å². The first kappa shape index (κ1) is 19.4. The minimum absolute atomic E-state index is 0.148. The fraction of sp³-hybridized carbons (Fsp3) is 0.941. The summed E-state index contributed by atoms with van der Waals surface area (Å²) in [6.07, 6.45) is 12.0. The van der Waals surface area contributed by atoms with Crippen LogP contribution < -0.4 is 0 Å². The molecule has 0 spiro atoms. The zero-order chi connectivity index (χ0) is 15.4. The zero-order valence-corrected chi connectivity index (χ0v) is 14.1. The summed E-state index contributed by atoms with van der Waals surface area (Å²) in [6.45, 7) is 6.11. The van der Waals surface area contributed by atoms with Crippen molar-refractivity contribution < 1.29 is 9.90 Å². The van der Waals surface area contributed by atoms with Crippen LogP contribution in [-0.4, -0.2) is 35.1 Å². The quantitative estimate of drug-likeness (QED) is 0.548.